The molecule has 112 valence electrons. The molecule has 0 heterocycles. The molecule has 0 aliphatic carbocycles. The number of para-hydroxylation sites is 1. The molecular weight excluding hydrogens is 254 g/mol. The van der Waals surface area contributed by atoms with Crippen LogP contribution in [0.25, 0.3) is 0 Å². The number of ether oxygens (including phenoxy) is 1. The van der Waals surface area contributed by atoms with Gasteiger partial charge in [0.15, 0.2) is 0 Å². The summed E-state index contributed by atoms with van der Waals surface area (Å²) in [5, 5.41) is 12.5. The van der Waals surface area contributed by atoms with Crippen molar-refractivity contribution in [3.05, 3.63) is 29.3 Å². The largest absolute Gasteiger partial charge is 0.496 e. The Balaban J connectivity index is 2.85. The van der Waals surface area contributed by atoms with E-state index in [1.54, 1.807) is 27.0 Å². The summed E-state index contributed by atoms with van der Waals surface area (Å²) >= 11 is 0. The molecule has 0 saturated carbocycles. The number of carbonyl (C=O) groups excluding carboxylic acids is 1. The average molecular weight is 279 g/mol. The van der Waals surface area contributed by atoms with Gasteiger partial charge in [0.05, 0.1) is 18.3 Å². The first-order valence-electron chi connectivity index (χ1n) is 6.93. The lowest BCUT2D eigenvalue weighted by Gasteiger charge is -2.18. The molecule has 1 amide bonds. The molecule has 0 aliphatic rings. The van der Waals surface area contributed by atoms with E-state index in [4.69, 9.17) is 4.74 Å². The molecule has 0 aromatic heterocycles. The quantitative estimate of drug-likeness (QED) is 0.841. The van der Waals surface area contributed by atoms with Gasteiger partial charge in [-0.2, -0.15) is 0 Å². The molecule has 0 saturated heterocycles. The normalized spacial score (nSPS) is 11.6. The molecule has 0 bridgehead atoms. The Kier molecular flexibility index (Phi) is 5.57. The van der Waals surface area contributed by atoms with Crippen molar-refractivity contribution in [3.8, 4) is 5.75 Å². The molecule has 0 atom stereocenters. The van der Waals surface area contributed by atoms with E-state index < -0.39 is 5.60 Å². The fourth-order valence-corrected chi connectivity index (χ4v) is 1.99. The second kappa shape index (κ2) is 6.75. The zero-order valence-electron chi connectivity index (χ0n) is 13.0. The standard InChI is InChI=1S/C16H25NO3/c1-11(2)12-7-6-8-13(14(12)20-5)15(18)17-10-9-16(3,4)19/h6-8,11,19H,9-10H2,1-5H3,(H,17,18). The maximum atomic E-state index is 12.2. The van der Waals surface area contributed by atoms with Gasteiger partial charge in [-0.15, -0.1) is 0 Å². The van der Waals surface area contributed by atoms with Gasteiger partial charge in [0.2, 0.25) is 0 Å². The van der Waals surface area contributed by atoms with Gasteiger partial charge in [0.1, 0.15) is 5.75 Å². The van der Waals surface area contributed by atoms with E-state index in [9.17, 15) is 9.90 Å². The van der Waals surface area contributed by atoms with Crippen LogP contribution in [0.3, 0.4) is 0 Å². The third-order valence-corrected chi connectivity index (χ3v) is 3.14. The molecule has 0 radical (unpaired) electrons. The lowest BCUT2D eigenvalue weighted by Crippen LogP contribution is -2.31. The summed E-state index contributed by atoms with van der Waals surface area (Å²) in [5.41, 5.74) is 0.772. The van der Waals surface area contributed by atoms with Crippen LogP contribution in [0.15, 0.2) is 18.2 Å². The Morgan fingerprint density at radius 2 is 2.05 bits per heavy atom. The SMILES string of the molecule is COc1c(C(=O)NCCC(C)(C)O)cccc1C(C)C. The highest BCUT2D eigenvalue weighted by atomic mass is 16.5. The highest BCUT2D eigenvalue weighted by molar-refractivity contribution is 5.97. The number of aliphatic hydroxyl groups is 1. The first kappa shape index (κ1) is 16.5. The maximum Gasteiger partial charge on any atom is 0.255 e. The molecule has 1 aromatic carbocycles. The molecule has 0 aliphatic heterocycles. The molecule has 4 heteroatoms. The number of methoxy groups -OCH3 is 1. The number of rotatable bonds is 6. The van der Waals surface area contributed by atoms with Crippen LogP contribution in [0.1, 0.15) is 56.0 Å². The third-order valence-electron chi connectivity index (χ3n) is 3.14. The number of hydrogen-bond donors (Lipinski definition) is 2. The van der Waals surface area contributed by atoms with Gasteiger partial charge in [-0.05, 0) is 37.8 Å². The smallest absolute Gasteiger partial charge is 0.255 e. The van der Waals surface area contributed by atoms with Gasteiger partial charge < -0.3 is 15.2 Å². The predicted octanol–water partition coefficient (Wildman–Crippen LogP) is 2.71. The predicted molar refractivity (Wildman–Crippen MR) is 80.3 cm³/mol. The zero-order chi connectivity index (χ0) is 15.3. The fraction of sp³-hybridized carbons (Fsp3) is 0.562. The van der Waals surface area contributed by atoms with Crippen molar-refractivity contribution in [3.63, 3.8) is 0 Å². The van der Waals surface area contributed by atoms with E-state index in [1.807, 2.05) is 12.1 Å². The molecule has 20 heavy (non-hydrogen) atoms. The summed E-state index contributed by atoms with van der Waals surface area (Å²) < 4.78 is 5.40. The highest BCUT2D eigenvalue weighted by Crippen LogP contribution is 2.29. The van der Waals surface area contributed by atoms with E-state index in [0.717, 1.165) is 5.56 Å². The summed E-state index contributed by atoms with van der Waals surface area (Å²) in [6, 6.07) is 5.59. The topological polar surface area (TPSA) is 58.6 Å². The zero-order valence-corrected chi connectivity index (χ0v) is 13.0. The van der Waals surface area contributed by atoms with E-state index in [-0.39, 0.29) is 11.8 Å². The molecule has 4 nitrogen and oxygen atoms in total. The van der Waals surface area contributed by atoms with Crippen LogP contribution < -0.4 is 10.1 Å². The van der Waals surface area contributed by atoms with Crippen LogP contribution in [0.2, 0.25) is 0 Å². The van der Waals surface area contributed by atoms with Crippen LogP contribution in [0, 0.1) is 0 Å². The Morgan fingerprint density at radius 1 is 1.40 bits per heavy atom. The van der Waals surface area contributed by atoms with Gasteiger partial charge in [-0.3, -0.25) is 4.79 Å². The van der Waals surface area contributed by atoms with Gasteiger partial charge in [-0.25, -0.2) is 0 Å². The second-order valence-corrected chi connectivity index (χ2v) is 5.90. The lowest BCUT2D eigenvalue weighted by molar-refractivity contribution is 0.0692. The number of benzene rings is 1. The number of carbonyl (C=O) groups is 1. The Morgan fingerprint density at radius 3 is 2.55 bits per heavy atom. The van der Waals surface area contributed by atoms with Crippen molar-refractivity contribution in [1.82, 2.24) is 5.32 Å². The summed E-state index contributed by atoms with van der Waals surface area (Å²) in [6.45, 7) is 8.00. The van der Waals surface area contributed by atoms with Gasteiger partial charge in [0.25, 0.3) is 5.91 Å². The van der Waals surface area contributed by atoms with Crippen molar-refractivity contribution in [2.75, 3.05) is 13.7 Å². The summed E-state index contributed by atoms with van der Waals surface area (Å²) in [7, 11) is 1.58. The number of hydrogen-bond acceptors (Lipinski definition) is 3. The first-order valence-corrected chi connectivity index (χ1v) is 6.93. The molecule has 1 aromatic rings. The Hall–Kier alpha value is -1.55. The van der Waals surface area contributed by atoms with Crippen LogP contribution >= 0.6 is 0 Å². The highest BCUT2D eigenvalue weighted by Gasteiger charge is 2.18. The molecule has 0 fully saturated rings. The Labute approximate surface area is 121 Å². The average Bonchev–Trinajstić information content (AvgIpc) is 2.35. The van der Waals surface area contributed by atoms with E-state index >= 15 is 0 Å². The summed E-state index contributed by atoms with van der Waals surface area (Å²) in [5.74, 6) is 0.742. The van der Waals surface area contributed by atoms with Crippen LogP contribution in [0.5, 0.6) is 5.75 Å². The van der Waals surface area contributed by atoms with Gasteiger partial charge >= 0.3 is 0 Å². The van der Waals surface area contributed by atoms with Crippen molar-refractivity contribution in [2.45, 2.75) is 45.6 Å². The van der Waals surface area contributed by atoms with Gasteiger partial charge in [-0.1, -0.05) is 26.0 Å². The number of amides is 1. The maximum absolute atomic E-state index is 12.2. The minimum atomic E-state index is -0.781. The molecule has 0 spiro atoms. The van der Waals surface area contributed by atoms with Crippen LogP contribution in [0.4, 0.5) is 0 Å². The third kappa shape index (κ3) is 4.53. The molecule has 0 unspecified atom stereocenters. The van der Waals surface area contributed by atoms with Crippen molar-refractivity contribution in [1.29, 1.82) is 0 Å². The first-order chi connectivity index (χ1) is 9.26. The van der Waals surface area contributed by atoms with Crippen molar-refractivity contribution < 1.29 is 14.6 Å². The van der Waals surface area contributed by atoms with Gasteiger partial charge in [0, 0.05) is 6.54 Å². The monoisotopic (exact) mass is 279 g/mol. The van der Waals surface area contributed by atoms with Crippen LogP contribution in [-0.2, 0) is 0 Å². The van der Waals surface area contributed by atoms with E-state index in [2.05, 4.69) is 19.2 Å². The van der Waals surface area contributed by atoms with E-state index in [0.29, 0.717) is 24.3 Å². The van der Waals surface area contributed by atoms with Crippen molar-refractivity contribution >= 4 is 5.91 Å². The summed E-state index contributed by atoms with van der Waals surface area (Å²) in [4.78, 5) is 12.2. The van der Waals surface area contributed by atoms with Crippen LogP contribution in [-0.4, -0.2) is 30.3 Å². The molecular formula is C16H25NO3. The Bertz CT molecular complexity index is 461. The lowest BCUT2D eigenvalue weighted by atomic mass is 9.98. The summed E-state index contributed by atoms with van der Waals surface area (Å²) in [6.07, 6.45) is 0.505. The van der Waals surface area contributed by atoms with Crippen molar-refractivity contribution in [2.24, 2.45) is 0 Å². The molecule has 1 rings (SSSR count). The minimum absolute atomic E-state index is 0.173. The van der Waals surface area contributed by atoms with E-state index in [1.165, 1.54) is 0 Å². The molecule has 2 N–H and O–H groups in total. The minimum Gasteiger partial charge on any atom is -0.496 e. The number of nitrogens with one attached hydrogen (secondary N) is 1. The second-order valence-electron chi connectivity index (χ2n) is 5.90. The fourth-order valence-electron chi connectivity index (χ4n) is 1.99.